The van der Waals surface area contributed by atoms with Gasteiger partial charge in [-0.25, -0.2) is 0 Å². The summed E-state index contributed by atoms with van der Waals surface area (Å²) in [7, 11) is 0. The van der Waals surface area contributed by atoms with Gasteiger partial charge < -0.3 is 5.32 Å². The van der Waals surface area contributed by atoms with Crippen LogP contribution in [0.3, 0.4) is 0 Å². The minimum Gasteiger partial charge on any atom is -0.303 e. The smallest absolute Gasteiger partial charge is 0.239 e. The van der Waals surface area contributed by atoms with E-state index >= 15 is 0 Å². The van der Waals surface area contributed by atoms with Gasteiger partial charge in [-0.2, -0.15) is 5.10 Å². The van der Waals surface area contributed by atoms with Crippen molar-refractivity contribution in [1.82, 2.24) is 5.32 Å². The summed E-state index contributed by atoms with van der Waals surface area (Å²) >= 11 is 1.47. The molecule has 4 nitrogen and oxygen atoms in total. The molecule has 108 valence electrons. The number of nitrogens with one attached hydrogen (secondary N) is 1. The molecule has 20 heavy (non-hydrogen) atoms. The quantitative estimate of drug-likeness (QED) is 0.628. The zero-order chi connectivity index (χ0) is 13.7. The molecule has 5 rings (SSSR count). The Morgan fingerprint density at radius 2 is 1.80 bits per heavy atom. The molecule has 4 saturated carbocycles. The molecule has 0 radical (unpaired) electrons. The molecule has 1 atom stereocenters. The lowest BCUT2D eigenvalue weighted by atomic mass is 9.50. The van der Waals surface area contributed by atoms with Gasteiger partial charge >= 0.3 is 0 Å². The summed E-state index contributed by atoms with van der Waals surface area (Å²) in [6.45, 7) is 1.89. The highest BCUT2D eigenvalue weighted by Crippen LogP contribution is 2.59. The molecule has 0 spiro atoms. The fourth-order valence-corrected chi connectivity index (χ4v) is 5.80. The van der Waals surface area contributed by atoms with Crippen LogP contribution in [0.4, 0.5) is 0 Å². The highest BCUT2D eigenvalue weighted by Gasteiger charge is 2.50. The Morgan fingerprint density at radius 1 is 1.20 bits per heavy atom. The van der Waals surface area contributed by atoms with Crippen molar-refractivity contribution in [3.63, 3.8) is 0 Å². The number of hydrogen-bond donors (Lipinski definition) is 1. The van der Waals surface area contributed by atoms with E-state index in [1.54, 1.807) is 0 Å². The summed E-state index contributed by atoms with van der Waals surface area (Å²) in [6.07, 6.45) is 10.4. The first-order chi connectivity index (χ1) is 9.62. The highest BCUT2D eigenvalue weighted by molar-refractivity contribution is 8.15. The number of carbonyl (C=O) groups is 1. The van der Waals surface area contributed by atoms with E-state index in [4.69, 9.17) is 0 Å². The summed E-state index contributed by atoms with van der Waals surface area (Å²) in [5, 5.41) is 11.9. The van der Waals surface area contributed by atoms with E-state index in [0.29, 0.717) is 10.6 Å². The van der Waals surface area contributed by atoms with Crippen molar-refractivity contribution in [2.75, 3.05) is 0 Å². The molecular weight excluding hydrogens is 270 g/mol. The van der Waals surface area contributed by atoms with Gasteiger partial charge in [-0.3, -0.25) is 4.79 Å². The van der Waals surface area contributed by atoms with Crippen molar-refractivity contribution >= 4 is 29.1 Å². The molecule has 1 heterocycles. The van der Waals surface area contributed by atoms with E-state index in [1.807, 2.05) is 6.92 Å². The number of amides is 1. The van der Waals surface area contributed by atoms with E-state index in [-0.39, 0.29) is 11.2 Å². The standard InChI is InChI=1S/C15H21N3OS/c1-9-13(19)17-14(20-9)18-16-8-15-5-10-2-11(6-15)4-12(3-10)7-15/h8-12H,2-7H2,1H3,(H,17,18,19)/b16-8+/t9-,10?,11?,12?,15?/m1/s1. The van der Waals surface area contributed by atoms with Gasteiger partial charge in [0.15, 0.2) is 5.17 Å². The van der Waals surface area contributed by atoms with Gasteiger partial charge in [-0.1, -0.05) is 11.8 Å². The Bertz CT molecular complexity index is 464. The van der Waals surface area contributed by atoms with Gasteiger partial charge in [0, 0.05) is 11.6 Å². The topological polar surface area (TPSA) is 53.8 Å². The third kappa shape index (κ3) is 2.20. The van der Waals surface area contributed by atoms with Crippen molar-refractivity contribution < 1.29 is 4.79 Å². The van der Waals surface area contributed by atoms with Crippen LogP contribution in [0, 0.1) is 23.2 Å². The Kier molecular flexibility index (Phi) is 2.95. The molecule has 0 aromatic rings. The largest absolute Gasteiger partial charge is 0.303 e. The van der Waals surface area contributed by atoms with Crippen molar-refractivity contribution in [1.29, 1.82) is 0 Å². The lowest BCUT2D eigenvalue weighted by Crippen LogP contribution is -2.46. The molecule has 0 unspecified atom stereocenters. The monoisotopic (exact) mass is 291 g/mol. The average Bonchev–Trinajstić information content (AvgIpc) is 2.66. The van der Waals surface area contributed by atoms with Crippen molar-refractivity contribution in [3.05, 3.63) is 0 Å². The maximum atomic E-state index is 11.4. The molecule has 1 amide bonds. The normalized spacial score (nSPS) is 48.5. The summed E-state index contributed by atoms with van der Waals surface area (Å²) in [5.41, 5.74) is 0.317. The zero-order valence-electron chi connectivity index (χ0n) is 11.8. The van der Waals surface area contributed by atoms with Crippen LogP contribution in [0.25, 0.3) is 0 Å². The number of carbonyl (C=O) groups excluding carboxylic acids is 1. The molecule has 5 heteroatoms. The van der Waals surface area contributed by atoms with E-state index in [9.17, 15) is 4.79 Å². The van der Waals surface area contributed by atoms with Crippen LogP contribution >= 0.6 is 11.8 Å². The van der Waals surface area contributed by atoms with Gasteiger partial charge in [0.05, 0.1) is 5.25 Å². The number of thioether (sulfide) groups is 1. The Balaban J connectivity index is 1.48. The Hall–Kier alpha value is -0.840. The molecule has 4 bridgehead atoms. The van der Waals surface area contributed by atoms with Crippen LogP contribution in [0.2, 0.25) is 0 Å². The number of hydrogen-bond acceptors (Lipinski definition) is 4. The predicted octanol–water partition coefficient (Wildman–Crippen LogP) is 2.80. The lowest BCUT2D eigenvalue weighted by molar-refractivity contribution is -0.118. The lowest BCUT2D eigenvalue weighted by Gasteiger charge is -2.55. The first kappa shape index (κ1) is 12.9. The van der Waals surface area contributed by atoms with Crippen LogP contribution in [0.15, 0.2) is 10.2 Å². The fraction of sp³-hybridized carbons (Fsp3) is 0.800. The molecule has 4 aliphatic carbocycles. The third-order valence-corrected chi connectivity index (χ3v) is 6.43. The molecule has 0 aromatic heterocycles. The Labute approximate surface area is 123 Å². The number of amidine groups is 1. The van der Waals surface area contributed by atoms with E-state index < -0.39 is 0 Å². The molecule has 0 aromatic carbocycles. The van der Waals surface area contributed by atoms with Crippen LogP contribution in [0.1, 0.15) is 45.4 Å². The number of rotatable bonds is 2. The second kappa shape index (κ2) is 4.58. The Morgan fingerprint density at radius 3 is 2.30 bits per heavy atom. The van der Waals surface area contributed by atoms with Gasteiger partial charge in [0.2, 0.25) is 5.91 Å². The first-order valence-electron chi connectivity index (χ1n) is 7.72. The third-order valence-electron chi connectivity index (χ3n) is 5.45. The van der Waals surface area contributed by atoms with E-state index in [1.165, 1.54) is 50.3 Å². The maximum absolute atomic E-state index is 11.4. The molecule has 5 aliphatic rings. The van der Waals surface area contributed by atoms with Crippen LogP contribution in [-0.4, -0.2) is 22.5 Å². The summed E-state index contributed by atoms with van der Waals surface area (Å²) in [6, 6.07) is 0. The van der Waals surface area contributed by atoms with Crippen molar-refractivity contribution in [2.45, 2.75) is 50.7 Å². The van der Waals surface area contributed by atoms with Gasteiger partial charge in [-0.05, 0) is 63.2 Å². The van der Waals surface area contributed by atoms with Crippen molar-refractivity contribution in [2.24, 2.45) is 33.4 Å². The summed E-state index contributed by atoms with van der Waals surface area (Å²) in [4.78, 5) is 11.4. The molecular formula is C15H21N3OS. The fourth-order valence-electron chi connectivity index (χ4n) is 5.05. The van der Waals surface area contributed by atoms with Crippen LogP contribution in [0.5, 0.6) is 0 Å². The summed E-state index contributed by atoms with van der Waals surface area (Å²) < 4.78 is 0. The molecule has 1 saturated heterocycles. The minimum atomic E-state index is -0.0384. The molecule has 1 aliphatic heterocycles. The van der Waals surface area contributed by atoms with Gasteiger partial charge in [-0.15, -0.1) is 5.10 Å². The van der Waals surface area contributed by atoms with Gasteiger partial charge in [0.25, 0.3) is 0 Å². The van der Waals surface area contributed by atoms with Crippen LogP contribution < -0.4 is 5.32 Å². The minimum absolute atomic E-state index is 0.0384. The van der Waals surface area contributed by atoms with Crippen LogP contribution in [-0.2, 0) is 4.79 Å². The van der Waals surface area contributed by atoms with Crippen molar-refractivity contribution in [3.8, 4) is 0 Å². The molecule has 1 N–H and O–H groups in total. The number of nitrogens with zero attached hydrogens (tertiary/aromatic N) is 2. The zero-order valence-corrected chi connectivity index (χ0v) is 12.7. The second-order valence-corrected chi connectivity index (χ2v) is 8.51. The highest BCUT2D eigenvalue weighted by atomic mass is 32.2. The van der Waals surface area contributed by atoms with E-state index in [2.05, 4.69) is 21.7 Å². The first-order valence-corrected chi connectivity index (χ1v) is 8.60. The predicted molar refractivity (Wildman–Crippen MR) is 81.7 cm³/mol. The summed E-state index contributed by atoms with van der Waals surface area (Å²) in [5.74, 6) is 2.83. The molecule has 5 fully saturated rings. The SMILES string of the molecule is C[C@H]1S/C(=N/N=C/C23CC4CC(CC(C4)C2)C3)NC1=O. The maximum Gasteiger partial charge on any atom is 0.239 e. The second-order valence-electron chi connectivity index (χ2n) is 7.18. The van der Waals surface area contributed by atoms with E-state index in [0.717, 1.165) is 17.8 Å². The van der Waals surface area contributed by atoms with Gasteiger partial charge in [0.1, 0.15) is 0 Å². The average molecular weight is 291 g/mol.